The van der Waals surface area contributed by atoms with Crippen LogP contribution in [0.5, 0.6) is 0 Å². The number of hydrogen-bond acceptors (Lipinski definition) is 6. The minimum Gasteiger partial charge on any atom is -0.369 e. The van der Waals surface area contributed by atoms with Crippen molar-refractivity contribution in [3.63, 3.8) is 0 Å². The Morgan fingerprint density at radius 3 is 2.95 bits per heavy atom. The second-order valence-corrected chi connectivity index (χ2v) is 3.78. The van der Waals surface area contributed by atoms with Crippen LogP contribution in [0, 0.1) is 0 Å². The highest BCUT2D eigenvalue weighted by Crippen LogP contribution is 2.05. The minimum atomic E-state index is -0.367. The van der Waals surface area contributed by atoms with Crippen molar-refractivity contribution in [2.75, 3.05) is 17.2 Å². The maximum Gasteiger partial charge on any atom is 0.277 e. The van der Waals surface area contributed by atoms with E-state index in [0.717, 1.165) is 13.0 Å². The lowest BCUT2D eigenvalue weighted by atomic mass is 10.4. The van der Waals surface area contributed by atoms with Crippen LogP contribution in [0.3, 0.4) is 0 Å². The van der Waals surface area contributed by atoms with Crippen LogP contribution in [-0.2, 0) is 0 Å². The van der Waals surface area contributed by atoms with Crippen molar-refractivity contribution in [2.45, 2.75) is 13.3 Å². The zero-order valence-corrected chi connectivity index (χ0v) is 10.5. The number of hydrogen-bond donors (Lipinski definition) is 2. The summed E-state index contributed by atoms with van der Waals surface area (Å²) in [6.07, 6.45) is 5.49. The average Bonchev–Trinajstić information content (AvgIpc) is 2.46. The molecule has 2 rings (SSSR count). The van der Waals surface area contributed by atoms with Crippen LogP contribution in [0.4, 0.5) is 11.6 Å². The van der Waals surface area contributed by atoms with Gasteiger partial charge in [-0.1, -0.05) is 6.92 Å². The third-order valence-electron chi connectivity index (χ3n) is 2.24. The van der Waals surface area contributed by atoms with E-state index in [1.807, 2.05) is 6.92 Å². The summed E-state index contributed by atoms with van der Waals surface area (Å²) >= 11 is 0. The quantitative estimate of drug-likeness (QED) is 0.840. The monoisotopic (exact) mass is 258 g/mol. The lowest BCUT2D eigenvalue weighted by molar-refractivity contribution is 0.102. The Morgan fingerprint density at radius 1 is 1.32 bits per heavy atom. The van der Waals surface area contributed by atoms with Gasteiger partial charge in [-0.15, -0.1) is 5.10 Å². The molecule has 0 unspecified atom stereocenters. The van der Waals surface area contributed by atoms with E-state index in [1.54, 1.807) is 18.3 Å². The van der Waals surface area contributed by atoms with Gasteiger partial charge in [0.2, 0.25) is 0 Å². The fourth-order valence-electron chi connectivity index (χ4n) is 1.36. The maximum atomic E-state index is 11.9. The summed E-state index contributed by atoms with van der Waals surface area (Å²) in [5.74, 6) is 0.586. The zero-order chi connectivity index (χ0) is 13.5. The van der Waals surface area contributed by atoms with Gasteiger partial charge in [0.15, 0.2) is 5.82 Å². The first-order valence-electron chi connectivity index (χ1n) is 5.94. The molecular weight excluding hydrogens is 244 g/mol. The largest absolute Gasteiger partial charge is 0.369 e. The molecule has 0 aromatic carbocycles. The van der Waals surface area contributed by atoms with Crippen molar-refractivity contribution < 1.29 is 4.79 Å². The van der Waals surface area contributed by atoms with Crippen LogP contribution in [0.1, 0.15) is 23.8 Å². The first kappa shape index (κ1) is 12.9. The van der Waals surface area contributed by atoms with Gasteiger partial charge in [-0.3, -0.25) is 9.78 Å². The molecule has 0 radical (unpaired) electrons. The third-order valence-corrected chi connectivity index (χ3v) is 2.24. The molecule has 0 saturated heterocycles. The van der Waals surface area contributed by atoms with Crippen LogP contribution < -0.4 is 10.6 Å². The van der Waals surface area contributed by atoms with Gasteiger partial charge < -0.3 is 10.6 Å². The Balaban J connectivity index is 2.06. The van der Waals surface area contributed by atoms with Gasteiger partial charge in [0.25, 0.3) is 5.91 Å². The fourth-order valence-corrected chi connectivity index (χ4v) is 1.36. The Labute approximate surface area is 110 Å². The Morgan fingerprint density at radius 2 is 2.21 bits per heavy atom. The highest BCUT2D eigenvalue weighted by molar-refractivity contribution is 6.02. The molecule has 19 heavy (non-hydrogen) atoms. The van der Waals surface area contributed by atoms with Crippen LogP contribution in [0.2, 0.25) is 0 Å². The molecule has 0 atom stereocenters. The lowest BCUT2D eigenvalue weighted by Gasteiger charge is -2.05. The van der Waals surface area contributed by atoms with Gasteiger partial charge >= 0.3 is 0 Å². The molecule has 1 amide bonds. The second-order valence-electron chi connectivity index (χ2n) is 3.78. The van der Waals surface area contributed by atoms with E-state index in [4.69, 9.17) is 0 Å². The van der Waals surface area contributed by atoms with Crippen molar-refractivity contribution in [3.8, 4) is 0 Å². The van der Waals surface area contributed by atoms with Gasteiger partial charge in [0.05, 0.1) is 12.4 Å². The van der Waals surface area contributed by atoms with Crippen LogP contribution in [-0.4, -0.2) is 32.6 Å². The molecule has 2 aromatic heterocycles. The van der Waals surface area contributed by atoms with Gasteiger partial charge in [-0.2, -0.15) is 5.10 Å². The average molecular weight is 258 g/mol. The third kappa shape index (κ3) is 3.70. The van der Waals surface area contributed by atoms with E-state index in [0.29, 0.717) is 11.6 Å². The molecule has 0 aliphatic rings. The van der Waals surface area contributed by atoms with E-state index in [-0.39, 0.29) is 11.6 Å². The maximum absolute atomic E-state index is 11.9. The first-order chi connectivity index (χ1) is 9.29. The van der Waals surface area contributed by atoms with Crippen molar-refractivity contribution in [3.05, 3.63) is 36.4 Å². The van der Waals surface area contributed by atoms with Gasteiger partial charge in [0, 0.05) is 12.7 Å². The van der Waals surface area contributed by atoms with E-state index >= 15 is 0 Å². The molecule has 2 aromatic rings. The van der Waals surface area contributed by atoms with Crippen LogP contribution in [0.25, 0.3) is 0 Å². The standard InChI is InChI=1S/C12H14N6O/c1-2-5-14-11-8-13-7-9(16-11)12(19)17-10-4-3-6-15-18-10/h3-4,6-8H,2,5H2,1H3,(H,14,16)(H,17,18,19). The molecule has 2 N–H and O–H groups in total. The zero-order valence-electron chi connectivity index (χ0n) is 10.5. The Hall–Kier alpha value is -2.57. The molecule has 98 valence electrons. The molecular formula is C12H14N6O. The predicted octanol–water partition coefficient (Wildman–Crippen LogP) is 1.34. The van der Waals surface area contributed by atoms with E-state index in [9.17, 15) is 4.79 Å². The lowest BCUT2D eigenvalue weighted by Crippen LogP contribution is -2.16. The SMILES string of the molecule is CCCNc1cncc(C(=O)Nc2cccnn2)n1. The number of nitrogens with zero attached hydrogens (tertiary/aromatic N) is 4. The van der Waals surface area contributed by atoms with Crippen molar-refractivity contribution >= 4 is 17.5 Å². The van der Waals surface area contributed by atoms with Crippen molar-refractivity contribution in [1.29, 1.82) is 0 Å². The minimum absolute atomic E-state index is 0.228. The van der Waals surface area contributed by atoms with Crippen molar-refractivity contribution in [2.24, 2.45) is 0 Å². The molecule has 0 bridgehead atoms. The summed E-state index contributed by atoms with van der Waals surface area (Å²) in [5.41, 5.74) is 0.228. The highest BCUT2D eigenvalue weighted by Gasteiger charge is 2.09. The Kier molecular flexibility index (Phi) is 4.33. The molecule has 0 saturated carbocycles. The van der Waals surface area contributed by atoms with E-state index in [1.165, 1.54) is 12.4 Å². The van der Waals surface area contributed by atoms with Crippen LogP contribution >= 0.6 is 0 Å². The predicted molar refractivity (Wildman–Crippen MR) is 70.8 cm³/mol. The van der Waals surface area contributed by atoms with Gasteiger partial charge in [-0.25, -0.2) is 4.98 Å². The molecule has 0 aliphatic carbocycles. The molecule has 0 fully saturated rings. The summed E-state index contributed by atoms with van der Waals surface area (Å²) < 4.78 is 0. The summed E-state index contributed by atoms with van der Waals surface area (Å²) in [6, 6.07) is 3.34. The number of anilines is 2. The smallest absolute Gasteiger partial charge is 0.277 e. The summed E-state index contributed by atoms with van der Waals surface area (Å²) in [5, 5.41) is 13.1. The topological polar surface area (TPSA) is 92.7 Å². The number of rotatable bonds is 5. The first-order valence-corrected chi connectivity index (χ1v) is 5.94. The van der Waals surface area contributed by atoms with E-state index < -0.39 is 0 Å². The molecule has 0 aliphatic heterocycles. The molecule has 7 heteroatoms. The fraction of sp³-hybridized carbons (Fsp3) is 0.250. The number of carbonyl (C=O) groups excluding carboxylic acids is 1. The highest BCUT2D eigenvalue weighted by atomic mass is 16.2. The van der Waals surface area contributed by atoms with Gasteiger partial charge in [0.1, 0.15) is 11.5 Å². The normalized spacial score (nSPS) is 9.95. The molecule has 7 nitrogen and oxygen atoms in total. The number of carbonyl (C=O) groups is 1. The van der Waals surface area contributed by atoms with Crippen molar-refractivity contribution in [1.82, 2.24) is 20.2 Å². The van der Waals surface area contributed by atoms with E-state index in [2.05, 4.69) is 30.8 Å². The molecule has 2 heterocycles. The second kappa shape index (κ2) is 6.39. The Bertz CT molecular complexity index is 545. The number of aromatic nitrogens is 4. The van der Waals surface area contributed by atoms with Crippen LogP contribution in [0.15, 0.2) is 30.7 Å². The summed E-state index contributed by atoms with van der Waals surface area (Å²) in [7, 11) is 0. The number of nitrogens with one attached hydrogen (secondary N) is 2. The number of amides is 1. The van der Waals surface area contributed by atoms with Gasteiger partial charge in [-0.05, 0) is 18.6 Å². The summed E-state index contributed by atoms with van der Waals surface area (Å²) in [6.45, 7) is 2.83. The summed E-state index contributed by atoms with van der Waals surface area (Å²) in [4.78, 5) is 20.1. The molecule has 0 spiro atoms.